The Bertz CT molecular complexity index is 552. The van der Waals surface area contributed by atoms with Crippen LogP contribution in [0.3, 0.4) is 0 Å². The molecule has 1 aromatic carbocycles. The Labute approximate surface area is 123 Å². The van der Waals surface area contributed by atoms with Gasteiger partial charge in [-0.15, -0.1) is 0 Å². The molecule has 0 saturated heterocycles. The molecular weight excluding hydrogens is 307 g/mol. The number of halogens is 2. The van der Waals surface area contributed by atoms with Gasteiger partial charge in [0.25, 0.3) is 0 Å². The van der Waals surface area contributed by atoms with Gasteiger partial charge in [-0.3, -0.25) is 0 Å². The van der Waals surface area contributed by atoms with Crippen LogP contribution in [0.2, 0.25) is 5.02 Å². The van der Waals surface area contributed by atoms with E-state index in [4.69, 9.17) is 16.3 Å². The van der Waals surface area contributed by atoms with E-state index in [0.717, 1.165) is 6.07 Å². The average molecular weight is 325 g/mol. The van der Waals surface area contributed by atoms with Crippen LogP contribution in [0.4, 0.5) is 4.39 Å². The zero-order valence-electron chi connectivity index (χ0n) is 11.4. The number of hydrogen-bond acceptors (Lipinski definition) is 4. The van der Waals surface area contributed by atoms with Gasteiger partial charge in [-0.25, -0.2) is 17.5 Å². The van der Waals surface area contributed by atoms with Crippen LogP contribution in [0.15, 0.2) is 17.0 Å². The molecule has 0 radical (unpaired) electrons. The van der Waals surface area contributed by atoms with Crippen molar-refractivity contribution in [2.45, 2.75) is 18.4 Å². The molecule has 0 aromatic heterocycles. The second-order valence-electron chi connectivity index (χ2n) is 4.00. The lowest BCUT2D eigenvalue weighted by molar-refractivity contribution is 0.153. The highest BCUT2D eigenvalue weighted by molar-refractivity contribution is 7.89. The molecule has 20 heavy (non-hydrogen) atoms. The smallest absolute Gasteiger partial charge is 0.243 e. The van der Waals surface area contributed by atoms with E-state index in [0.29, 0.717) is 6.61 Å². The third kappa shape index (κ3) is 4.68. The highest BCUT2D eigenvalue weighted by Crippen LogP contribution is 2.23. The summed E-state index contributed by atoms with van der Waals surface area (Å²) in [6.07, 6.45) is 0. The van der Waals surface area contributed by atoms with E-state index >= 15 is 0 Å². The van der Waals surface area contributed by atoms with E-state index in [9.17, 15) is 12.8 Å². The van der Waals surface area contributed by atoms with Gasteiger partial charge in [-0.1, -0.05) is 11.6 Å². The molecule has 0 saturated carbocycles. The Kier molecular flexibility index (Phi) is 6.84. The Hall–Kier alpha value is -0.730. The third-order valence-corrected chi connectivity index (χ3v) is 4.16. The lowest BCUT2D eigenvalue weighted by atomic mass is 10.2. The number of hydrogen-bond donors (Lipinski definition) is 2. The van der Waals surface area contributed by atoms with Gasteiger partial charge in [-0.2, -0.15) is 0 Å². The number of ether oxygens (including phenoxy) is 1. The molecule has 1 aromatic rings. The average Bonchev–Trinajstić information content (AvgIpc) is 2.39. The lowest BCUT2D eigenvalue weighted by Crippen LogP contribution is -2.28. The molecule has 0 fully saturated rings. The van der Waals surface area contributed by atoms with Gasteiger partial charge in [0.2, 0.25) is 10.0 Å². The summed E-state index contributed by atoms with van der Waals surface area (Å²) in [5.74, 6) is -0.798. The summed E-state index contributed by atoms with van der Waals surface area (Å²) in [4.78, 5) is -0.452. The first-order valence-corrected chi connectivity index (χ1v) is 7.98. The minimum atomic E-state index is -3.95. The van der Waals surface area contributed by atoms with E-state index < -0.39 is 20.7 Å². The third-order valence-electron chi connectivity index (χ3n) is 2.48. The van der Waals surface area contributed by atoms with Crippen LogP contribution in [0, 0.1) is 5.82 Å². The summed E-state index contributed by atoms with van der Waals surface area (Å²) >= 11 is 5.84. The fraction of sp³-hybridized carbons (Fsp3) is 0.500. The summed E-state index contributed by atoms with van der Waals surface area (Å²) in [5.41, 5.74) is 0.199. The summed E-state index contributed by atoms with van der Waals surface area (Å²) in [7, 11) is -2.32. The first-order valence-electron chi connectivity index (χ1n) is 6.12. The Morgan fingerprint density at radius 2 is 2.10 bits per heavy atom. The van der Waals surface area contributed by atoms with E-state index in [2.05, 4.69) is 10.0 Å². The van der Waals surface area contributed by atoms with E-state index in [1.807, 2.05) is 0 Å². The molecular formula is C12H18ClFN2O3S. The molecule has 0 spiro atoms. The molecule has 1 rings (SSSR count). The van der Waals surface area contributed by atoms with Crippen LogP contribution < -0.4 is 10.0 Å². The maximum absolute atomic E-state index is 14.2. The van der Waals surface area contributed by atoms with Gasteiger partial charge < -0.3 is 10.1 Å². The Balaban J connectivity index is 2.99. The van der Waals surface area contributed by atoms with Gasteiger partial charge in [0.05, 0.1) is 6.61 Å². The van der Waals surface area contributed by atoms with Crippen LogP contribution in [-0.4, -0.2) is 35.2 Å². The Morgan fingerprint density at radius 1 is 1.40 bits per heavy atom. The number of benzene rings is 1. The SMILES string of the molecule is CCOCCNS(=O)(=O)c1cc(Cl)cc(CNC)c1F. The molecule has 8 heteroatoms. The molecule has 5 nitrogen and oxygen atoms in total. The topological polar surface area (TPSA) is 67.4 Å². The van der Waals surface area contributed by atoms with Gasteiger partial charge >= 0.3 is 0 Å². The van der Waals surface area contributed by atoms with Crippen LogP contribution in [-0.2, 0) is 21.3 Å². The monoisotopic (exact) mass is 324 g/mol. The molecule has 0 bridgehead atoms. The predicted octanol–water partition coefficient (Wildman–Crippen LogP) is 1.51. The number of sulfonamides is 1. The van der Waals surface area contributed by atoms with Gasteiger partial charge in [-0.05, 0) is 26.1 Å². The summed E-state index contributed by atoms with van der Waals surface area (Å²) in [6.45, 7) is 2.77. The van der Waals surface area contributed by atoms with Crippen molar-refractivity contribution in [1.82, 2.24) is 10.0 Å². The predicted molar refractivity (Wildman–Crippen MR) is 75.9 cm³/mol. The van der Waals surface area contributed by atoms with Crippen molar-refractivity contribution >= 4 is 21.6 Å². The summed E-state index contributed by atoms with van der Waals surface area (Å²) in [6, 6.07) is 2.49. The van der Waals surface area contributed by atoms with Crippen molar-refractivity contribution in [3.63, 3.8) is 0 Å². The minimum absolute atomic E-state index is 0.0729. The second kappa shape index (κ2) is 7.90. The zero-order chi connectivity index (χ0) is 15.2. The maximum atomic E-state index is 14.2. The van der Waals surface area contributed by atoms with Crippen molar-refractivity contribution < 1.29 is 17.5 Å². The molecule has 0 atom stereocenters. The van der Waals surface area contributed by atoms with Crippen molar-refractivity contribution in [3.8, 4) is 0 Å². The second-order valence-corrected chi connectivity index (χ2v) is 6.17. The molecule has 0 aliphatic carbocycles. The number of nitrogens with one attached hydrogen (secondary N) is 2. The lowest BCUT2D eigenvalue weighted by Gasteiger charge is -2.11. The molecule has 114 valence electrons. The summed E-state index contributed by atoms with van der Waals surface area (Å²) < 4.78 is 45.5. The fourth-order valence-electron chi connectivity index (χ4n) is 1.60. The van der Waals surface area contributed by atoms with Gasteiger partial charge in [0.15, 0.2) is 0 Å². The quantitative estimate of drug-likeness (QED) is 0.711. The first kappa shape index (κ1) is 17.3. The van der Waals surface area contributed by atoms with E-state index in [-0.39, 0.29) is 30.3 Å². The van der Waals surface area contributed by atoms with E-state index in [1.54, 1.807) is 14.0 Å². The molecule has 0 amide bonds. The highest BCUT2D eigenvalue weighted by atomic mass is 35.5. The first-order chi connectivity index (χ1) is 9.42. The van der Waals surface area contributed by atoms with Crippen LogP contribution in [0.5, 0.6) is 0 Å². The van der Waals surface area contributed by atoms with Crippen molar-refractivity contribution in [2.24, 2.45) is 0 Å². The zero-order valence-corrected chi connectivity index (χ0v) is 12.9. The van der Waals surface area contributed by atoms with Crippen molar-refractivity contribution in [2.75, 3.05) is 26.8 Å². The molecule has 0 aliphatic heterocycles. The maximum Gasteiger partial charge on any atom is 0.243 e. The van der Waals surface area contributed by atoms with Crippen LogP contribution in [0.25, 0.3) is 0 Å². The number of rotatable bonds is 8. The molecule has 2 N–H and O–H groups in total. The van der Waals surface area contributed by atoms with E-state index in [1.165, 1.54) is 6.07 Å². The highest BCUT2D eigenvalue weighted by Gasteiger charge is 2.21. The van der Waals surface area contributed by atoms with Gasteiger partial charge in [0.1, 0.15) is 10.7 Å². The fourth-order valence-corrected chi connectivity index (χ4v) is 3.07. The van der Waals surface area contributed by atoms with Crippen molar-refractivity contribution in [1.29, 1.82) is 0 Å². The molecule has 0 unspecified atom stereocenters. The Morgan fingerprint density at radius 3 is 2.70 bits per heavy atom. The van der Waals surface area contributed by atoms with Crippen LogP contribution in [0.1, 0.15) is 12.5 Å². The van der Waals surface area contributed by atoms with Crippen molar-refractivity contribution in [3.05, 3.63) is 28.5 Å². The molecule has 0 heterocycles. The van der Waals surface area contributed by atoms with Crippen LogP contribution >= 0.6 is 11.6 Å². The van der Waals surface area contributed by atoms with Gasteiger partial charge in [0, 0.05) is 30.3 Å². The molecule has 0 aliphatic rings. The standard InChI is InChI=1S/C12H18ClFN2O3S/c1-3-19-5-4-16-20(17,18)11-7-10(13)6-9(8-15-2)12(11)14/h6-7,15-16H,3-5,8H2,1-2H3. The summed E-state index contributed by atoms with van der Waals surface area (Å²) in [5, 5.41) is 2.93. The largest absolute Gasteiger partial charge is 0.380 e. The normalized spacial score (nSPS) is 11.8. The minimum Gasteiger partial charge on any atom is -0.380 e.